The summed E-state index contributed by atoms with van der Waals surface area (Å²) in [5, 5.41) is 20.8. The highest BCUT2D eigenvalue weighted by Crippen LogP contribution is 2.66. The Morgan fingerprint density at radius 3 is 2.67 bits per heavy atom. The number of hydrogen-bond acceptors (Lipinski definition) is 4. The summed E-state index contributed by atoms with van der Waals surface area (Å²) in [6, 6.07) is 0. The van der Waals surface area contributed by atoms with Crippen LogP contribution in [0, 0.1) is 28.6 Å². The molecule has 2 fully saturated rings. The summed E-state index contributed by atoms with van der Waals surface area (Å²) in [6.45, 7) is 5.02. The number of fused-ring (bicyclic) bond motifs is 5. The van der Waals surface area contributed by atoms with Crippen LogP contribution in [-0.4, -0.2) is 40.2 Å². The van der Waals surface area contributed by atoms with E-state index < -0.39 is 35.0 Å². The molecule has 4 aliphatic rings. The Balaban J connectivity index is 1.82. The molecule has 0 bridgehead atoms. The zero-order valence-corrected chi connectivity index (χ0v) is 16.0. The van der Waals surface area contributed by atoms with Crippen LogP contribution in [0.25, 0.3) is 0 Å². The second kappa shape index (κ2) is 5.71. The highest BCUT2D eigenvalue weighted by Gasteiger charge is 2.67. The van der Waals surface area contributed by atoms with Crippen LogP contribution in [0.4, 0.5) is 4.39 Å². The van der Waals surface area contributed by atoms with Crippen molar-refractivity contribution in [2.75, 3.05) is 6.61 Å². The lowest BCUT2D eigenvalue weighted by atomic mass is 9.51. The molecule has 5 heteroatoms. The Kier molecular flexibility index (Phi) is 3.97. The molecule has 0 radical (unpaired) electrons. The minimum absolute atomic E-state index is 0.0457. The molecule has 146 valence electrons. The summed E-state index contributed by atoms with van der Waals surface area (Å²) < 4.78 is 15.2. The maximum Gasteiger partial charge on any atom is 0.190 e. The molecular weight excluding hydrogens is 347 g/mol. The van der Waals surface area contributed by atoms with Gasteiger partial charge < -0.3 is 10.2 Å². The van der Waals surface area contributed by atoms with Gasteiger partial charge in [-0.05, 0) is 61.7 Å². The molecule has 0 spiro atoms. The van der Waals surface area contributed by atoms with Gasteiger partial charge in [-0.25, -0.2) is 4.39 Å². The van der Waals surface area contributed by atoms with E-state index in [0.29, 0.717) is 18.4 Å². The van der Waals surface area contributed by atoms with Gasteiger partial charge in [0.05, 0.1) is 0 Å². The molecule has 7 atom stereocenters. The number of carbonyl (C=O) groups excluding carboxylic acids is 2. The molecule has 0 unspecified atom stereocenters. The highest BCUT2D eigenvalue weighted by molar-refractivity contribution is 6.01. The van der Waals surface area contributed by atoms with E-state index in [1.807, 2.05) is 20.8 Å². The number of allylic oxidation sites excluding steroid dienone is 6. The average Bonchev–Trinajstić information content (AvgIpc) is 2.84. The molecule has 2 saturated carbocycles. The van der Waals surface area contributed by atoms with Gasteiger partial charge in [0.1, 0.15) is 18.4 Å². The molecule has 0 aromatic carbocycles. The van der Waals surface area contributed by atoms with Crippen molar-refractivity contribution in [2.24, 2.45) is 28.6 Å². The first-order valence-corrected chi connectivity index (χ1v) is 9.76. The summed E-state index contributed by atoms with van der Waals surface area (Å²) in [7, 11) is 0. The molecule has 4 aliphatic carbocycles. The van der Waals surface area contributed by atoms with Crippen molar-refractivity contribution in [1.82, 2.24) is 0 Å². The van der Waals surface area contributed by atoms with E-state index >= 15 is 4.39 Å². The van der Waals surface area contributed by atoms with Gasteiger partial charge >= 0.3 is 0 Å². The number of hydrogen-bond donors (Lipinski definition) is 2. The number of halogens is 1. The van der Waals surface area contributed by atoms with Crippen LogP contribution in [0.1, 0.15) is 40.0 Å². The van der Waals surface area contributed by atoms with Gasteiger partial charge in [-0.2, -0.15) is 0 Å². The van der Waals surface area contributed by atoms with Crippen molar-refractivity contribution in [3.63, 3.8) is 0 Å². The molecule has 0 heterocycles. The zero-order chi connectivity index (χ0) is 19.8. The van der Waals surface area contributed by atoms with Gasteiger partial charge in [-0.15, -0.1) is 0 Å². The van der Waals surface area contributed by atoms with Crippen LogP contribution in [-0.2, 0) is 9.59 Å². The Morgan fingerprint density at radius 2 is 2.00 bits per heavy atom. The molecule has 0 saturated heterocycles. The second-order valence-corrected chi connectivity index (χ2v) is 9.22. The standard InChI is InChI=1S/C22H27FO4/c1-12-8-16-14-10-18(23)17-9-13(25)4-6-20(17,2)15(14)5-7-21(16,3)22(12,27)19(26)11-24/h4-6,9,12,14,16,18,24,27H,7-8,10-11H2,1-3H3/t12-,14+,16-,18-,20+,21-,22-/m0/s1. The lowest BCUT2D eigenvalue weighted by Crippen LogP contribution is -2.57. The van der Waals surface area contributed by atoms with Gasteiger partial charge in [-0.1, -0.05) is 31.6 Å². The smallest absolute Gasteiger partial charge is 0.190 e. The third kappa shape index (κ3) is 2.16. The highest BCUT2D eigenvalue weighted by atomic mass is 19.1. The number of Topliss-reactive ketones (excluding diaryl/α,β-unsaturated/α-hetero) is 1. The monoisotopic (exact) mass is 374 g/mol. The summed E-state index contributed by atoms with van der Waals surface area (Å²) in [5.41, 5.74) is -1.33. The van der Waals surface area contributed by atoms with E-state index in [2.05, 4.69) is 6.08 Å². The first kappa shape index (κ1) is 18.8. The third-order valence-corrected chi connectivity index (χ3v) is 8.09. The van der Waals surface area contributed by atoms with E-state index in [4.69, 9.17) is 0 Å². The van der Waals surface area contributed by atoms with Crippen molar-refractivity contribution in [2.45, 2.75) is 51.8 Å². The van der Waals surface area contributed by atoms with Crippen molar-refractivity contribution in [3.8, 4) is 0 Å². The number of rotatable bonds is 2. The van der Waals surface area contributed by atoms with Crippen molar-refractivity contribution in [3.05, 3.63) is 35.5 Å². The maximum absolute atomic E-state index is 15.2. The summed E-state index contributed by atoms with van der Waals surface area (Å²) in [6.07, 6.45) is 6.96. The number of aliphatic hydroxyl groups excluding tert-OH is 1. The summed E-state index contributed by atoms with van der Waals surface area (Å²) >= 11 is 0. The number of alkyl halides is 1. The quantitative estimate of drug-likeness (QED) is 0.729. The molecule has 0 amide bonds. The number of ketones is 2. The van der Waals surface area contributed by atoms with E-state index in [0.717, 1.165) is 5.57 Å². The Bertz CT molecular complexity index is 811. The normalized spacial score (nSPS) is 48.3. The fraction of sp³-hybridized carbons (Fsp3) is 0.636. The van der Waals surface area contributed by atoms with Crippen molar-refractivity contribution < 1.29 is 24.2 Å². The van der Waals surface area contributed by atoms with E-state index in [9.17, 15) is 19.8 Å². The molecule has 4 rings (SSSR count). The Hall–Kier alpha value is -1.59. The SMILES string of the molecule is C[C@H]1C[C@H]2[C@@H]3C[C@H](F)C4=CC(=O)C=C[C@]4(C)C3=CC[C@]2(C)[C@@]1(O)C(=O)CO. The van der Waals surface area contributed by atoms with Crippen LogP contribution in [0.3, 0.4) is 0 Å². The minimum atomic E-state index is -1.60. The summed E-state index contributed by atoms with van der Waals surface area (Å²) in [5.74, 6) is -1.16. The van der Waals surface area contributed by atoms with Gasteiger partial charge in [0, 0.05) is 10.8 Å². The fourth-order valence-corrected chi connectivity index (χ4v) is 6.59. The van der Waals surface area contributed by atoms with E-state index in [1.54, 1.807) is 6.08 Å². The molecule has 27 heavy (non-hydrogen) atoms. The lowest BCUT2D eigenvalue weighted by Gasteiger charge is -2.54. The molecule has 4 nitrogen and oxygen atoms in total. The first-order chi connectivity index (χ1) is 12.6. The summed E-state index contributed by atoms with van der Waals surface area (Å²) in [4.78, 5) is 24.3. The predicted molar refractivity (Wildman–Crippen MR) is 98.5 cm³/mol. The lowest BCUT2D eigenvalue weighted by molar-refractivity contribution is -0.161. The predicted octanol–water partition coefficient (Wildman–Crippen LogP) is 2.70. The number of aliphatic hydroxyl groups is 2. The van der Waals surface area contributed by atoms with Crippen molar-refractivity contribution >= 4 is 11.6 Å². The first-order valence-electron chi connectivity index (χ1n) is 9.76. The second-order valence-electron chi connectivity index (χ2n) is 9.22. The molecule has 0 aliphatic heterocycles. The number of carbonyl (C=O) groups is 2. The zero-order valence-electron chi connectivity index (χ0n) is 16.0. The van der Waals surface area contributed by atoms with Crippen LogP contribution in [0.15, 0.2) is 35.5 Å². The van der Waals surface area contributed by atoms with E-state index in [1.165, 1.54) is 12.2 Å². The Labute approximate surface area is 158 Å². The van der Waals surface area contributed by atoms with E-state index in [-0.39, 0.29) is 30.0 Å². The maximum atomic E-state index is 15.2. The van der Waals surface area contributed by atoms with Crippen LogP contribution in [0.2, 0.25) is 0 Å². The average molecular weight is 374 g/mol. The van der Waals surface area contributed by atoms with Crippen LogP contribution >= 0.6 is 0 Å². The van der Waals surface area contributed by atoms with Gasteiger partial charge in [0.2, 0.25) is 0 Å². The third-order valence-electron chi connectivity index (χ3n) is 8.09. The van der Waals surface area contributed by atoms with Crippen LogP contribution < -0.4 is 0 Å². The van der Waals surface area contributed by atoms with Gasteiger partial charge in [-0.3, -0.25) is 9.59 Å². The molecular formula is C22H27FO4. The minimum Gasteiger partial charge on any atom is -0.388 e. The fourth-order valence-electron chi connectivity index (χ4n) is 6.59. The van der Waals surface area contributed by atoms with Crippen molar-refractivity contribution in [1.29, 1.82) is 0 Å². The molecule has 0 aromatic rings. The van der Waals surface area contributed by atoms with Crippen LogP contribution in [0.5, 0.6) is 0 Å². The Morgan fingerprint density at radius 1 is 1.30 bits per heavy atom. The molecule has 2 N–H and O–H groups in total. The van der Waals surface area contributed by atoms with Gasteiger partial charge in [0.25, 0.3) is 0 Å². The molecule has 0 aromatic heterocycles. The van der Waals surface area contributed by atoms with Gasteiger partial charge in [0.15, 0.2) is 11.6 Å². The largest absolute Gasteiger partial charge is 0.388 e. The topological polar surface area (TPSA) is 74.6 Å².